The van der Waals surface area contributed by atoms with E-state index in [4.69, 9.17) is 17.3 Å². The van der Waals surface area contributed by atoms with Crippen LogP contribution in [0.5, 0.6) is 0 Å². The summed E-state index contributed by atoms with van der Waals surface area (Å²) in [6.07, 6.45) is -0.511. The van der Waals surface area contributed by atoms with Gasteiger partial charge in [-0.3, -0.25) is 15.1 Å². The number of piperazine rings is 1. The lowest BCUT2D eigenvalue weighted by molar-refractivity contribution is -0.137. The van der Waals surface area contributed by atoms with Gasteiger partial charge < -0.3 is 30.7 Å². The molecule has 47 heavy (non-hydrogen) atoms. The Kier molecular flexibility index (Phi) is 9.37. The van der Waals surface area contributed by atoms with E-state index in [2.05, 4.69) is 20.5 Å². The number of amides is 5. The third kappa shape index (κ3) is 7.20. The highest BCUT2D eigenvalue weighted by molar-refractivity contribution is 7.14. The zero-order valence-electron chi connectivity index (χ0n) is 25.3. The molecule has 250 valence electrons. The summed E-state index contributed by atoms with van der Waals surface area (Å²) >= 11 is 7.57. The predicted molar refractivity (Wildman–Crippen MR) is 173 cm³/mol. The number of likely N-dealkylation sites (tertiary alicyclic amines) is 1. The number of anilines is 3. The maximum atomic E-state index is 13.9. The van der Waals surface area contributed by atoms with Crippen LogP contribution in [0.4, 0.5) is 39.1 Å². The zero-order chi connectivity index (χ0) is 33.3. The topological polar surface area (TPSA) is 127 Å². The van der Waals surface area contributed by atoms with Gasteiger partial charge in [0, 0.05) is 75.4 Å². The van der Waals surface area contributed by atoms with Crippen LogP contribution in [0, 0.1) is 0 Å². The molecule has 11 nitrogen and oxygen atoms in total. The average molecular weight is 691 g/mol. The predicted octanol–water partition coefficient (Wildman–Crippen LogP) is 4.88. The number of nitrogen functional groups attached to an aromatic ring is 1. The molecule has 3 aromatic rings. The molecule has 2 fully saturated rings. The van der Waals surface area contributed by atoms with Crippen molar-refractivity contribution in [2.75, 3.05) is 55.2 Å². The van der Waals surface area contributed by atoms with Gasteiger partial charge in [0.15, 0.2) is 0 Å². The highest BCUT2D eigenvalue weighted by Gasteiger charge is 2.37. The zero-order valence-corrected chi connectivity index (χ0v) is 26.9. The number of urea groups is 2. The standard InChI is InChI=1S/C31H34ClF3N8O3S/c32-24-16-19(15-23(26(24)36)31(33,34)35)17-25(28(44)41-12-10-40(11-13-41)21-1-6-37-7-2-21)38-29(45)42-8-3-22(4-9-42)43-18-20-5-14-47-27(20)39-30(43)46/h1-2,5-7,14-16,22,25H,3-4,8-13,17-18,36H2,(H,38,45)(H,39,46)/t25-/m1/s1. The molecular weight excluding hydrogens is 657 g/mol. The number of hydrogen-bond donors (Lipinski definition) is 3. The Morgan fingerprint density at radius 3 is 2.45 bits per heavy atom. The lowest BCUT2D eigenvalue weighted by Crippen LogP contribution is -2.58. The van der Waals surface area contributed by atoms with Crippen molar-refractivity contribution < 1.29 is 27.6 Å². The fourth-order valence-electron chi connectivity index (χ4n) is 6.33. The van der Waals surface area contributed by atoms with Gasteiger partial charge in [0.25, 0.3) is 0 Å². The summed E-state index contributed by atoms with van der Waals surface area (Å²) in [7, 11) is 0. The Balaban J connectivity index is 1.15. The highest BCUT2D eigenvalue weighted by Crippen LogP contribution is 2.38. The van der Waals surface area contributed by atoms with Gasteiger partial charge in [0.1, 0.15) is 11.0 Å². The van der Waals surface area contributed by atoms with Crippen molar-refractivity contribution in [3.8, 4) is 0 Å². The molecule has 16 heteroatoms. The van der Waals surface area contributed by atoms with Gasteiger partial charge in [-0.2, -0.15) is 13.2 Å². The van der Waals surface area contributed by atoms with Crippen LogP contribution < -0.4 is 21.3 Å². The molecule has 0 saturated carbocycles. The second-order valence-corrected chi connectivity index (χ2v) is 13.1. The first-order chi connectivity index (χ1) is 22.5. The SMILES string of the molecule is Nc1c(Cl)cc(C[C@@H](NC(=O)N2CCC(N3Cc4ccsc4NC3=O)CC2)C(=O)N2CCN(c3ccncc3)CC2)cc1C(F)(F)F. The molecule has 2 saturated heterocycles. The monoisotopic (exact) mass is 690 g/mol. The number of fused-ring (bicyclic) bond motifs is 1. The van der Waals surface area contributed by atoms with Crippen molar-refractivity contribution >= 4 is 57.3 Å². The van der Waals surface area contributed by atoms with Gasteiger partial charge in [-0.05, 0) is 54.1 Å². The molecule has 0 bridgehead atoms. The van der Waals surface area contributed by atoms with Gasteiger partial charge in [-0.1, -0.05) is 11.6 Å². The maximum Gasteiger partial charge on any atom is 0.418 e. The van der Waals surface area contributed by atoms with Crippen LogP contribution in [-0.4, -0.2) is 89.0 Å². The number of alkyl halides is 3. The quantitative estimate of drug-likeness (QED) is 0.317. The van der Waals surface area contributed by atoms with E-state index in [1.165, 1.54) is 17.4 Å². The summed E-state index contributed by atoms with van der Waals surface area (Å²) in [6, 6.07) is 6.02. The first-order valence-electron chi connectivity index (χ1n) is 15.3. The molecule has 0 unspecified atom stereocenters. The average Bonchev–Trinajstić information content (AvgIpc) is 3.52. The normalized spacial score (nSPS) is 18.1. The molecule has 0 aliphatic carbocycles. The second kappa shape index (κ2) is 13.5. The van der Waals surface area contributed by atoms with Gasteiger partial charge in [0.2, 0.25) is 5.91 Å². The molecule has 0 spiro atoms. The summed E-state index contributed by atoms with van der Waals surface area (Å²) in [5.41, 5.74) is 6.08. The van der Waals surface area contributed by atoms with Gasteiger partial charge in [-0.15, -0.1) is 11.3 Å². The number of nitrogens with zero attached hydrogens (tertiary/aromatic N) is 5. The second-order valence-electron chi connectivity index (χ2n) is 11.8. The van der Waals surface area contributed by atoms with Gasteiger partial charge in [0.05, 0.1) is 22.8 Å². The highest BCUT2D eigenvalue weighted by atomic mass is 35.5. The number of nitrogens with one attached hydrogen (secondary N) is 2. The maximum absolute atomic E-state index is 13.9. The Bertz CT molecular complexity index is 1630. The van der Waals surface area contributed by atoms with Crippen LogP contribution in [-0.2, 0) is 23.9 Å². The van der Waals surface area contributed by atoms with Crippen molar-refractivity contribution in [3.05, 3.63) is 69.8 Å². The first-order valence-corrected chi connectivity index (χ1v) is 16.5. The van der Waals surface area contributed by atoms with Crippen LogP contribution in [0.25, 0.3) is 0 Å². The Morgan fingerprint density at radius 2 is 1.77 bits per heavy atom. The summed E-state index contributed by atoms with van der Waals surface area (Å²) in [5, 5.41) is 8.23. The molecule has 2 aromatic heterocycles. The Labute approximate surface area is 278 Å². The van der Waals surface area contributed by atoms with E-state index in [9.17, 15) is 27.6 Å². The molecule has 5 heterocycles. The van der Waals surface area contributed by atoms with Crippen LogP contribution in [0.15, 0.2) is 48.1 Å². The van der Waals surface area contributed by atoms with E-state index in [1.54, 1.807) is 27.1 Å². The van der Waals surface area contributed by atoms with Gasteiger partial charge >= 0.3 is 18.2 Å². The number of hydrogen-bond acceptors (Lipinski definition) is 7. The number of benzene rings is 1. The first kappa shape index (κ1) is 32.7. The largest absolute Gasteiger partial charge is 0.418 e. The number of piperidine rings is 1. The summed E-state index contributed by atoms with van der Waals surface area (Å²) in [6.45, 7) is 2.97. The molecule has 1 aromatic carbocycles. The van der Waals surface area contributed by atoms with Crippen LogP contribution >= 0.6 is 22.9 Å². The summed E-state index contributed by atoms with van der Waals surface area (Å²) in [4.78, 5) is 51.3. The molecule has 0 radical (unpaired) electrons. The van der Waals surface area contributed by atoms with Gasteiger partial charge in [-0.25, -0.2) is 9.59 Å². The third-order valence-corrected chi connectivity index (χ3v) is 10.1. The van der Waals surface area contributed by atoms with Crippen LogP contribution in [0.3, 0.4) is 0 Å². The van der Waals surface area contributed by atoms with E-state index >= 15 is 0 Å². The Morgan fingerprint density at radius 1 is 1.06 bits per heavy atom. The number of halogens is 4. The molecule has 5 amide bonds. The smallest absolute Gasteiger partial charge is 0.397 e. The van der Waals surface area contributed by atoms with Crippen molar-refractivity contribution in [1.29, 1.82) is 0 Å². The molecule has 6 rings (SSSR count). The number of nitrogens with two attached hydrogens (primary N) is 1. The van der Waals surface area contributed by atoms with Crippen molar-refractivity contribution in [1.82, 2.24) is 25.0 Å². The summed E-state index contributed by atoms with van der Waals surface area (Å²) < 4.78 is 41.2. The van der Waals surface area contributed by atoms with E-state index in [0.717, 1.165) is 22.3 Å². The summed E-state index contributed by atoms with van der Waals surface area (Å²) in [5.74, 6) is -0.402. The number of pyridine rings is 1. The van der Waals surface area contributed by atoms with E-state index < -0.39 is 35.4 Å². The van der Waals surface area contributed by atoms with Crippen LogP contribution in [0.1, 0.15) is 29.5 Å². The van der Waals surface area contributed by atoms with Crippen molar-refractivity contribution in [3.63, 3.8) is 0 Å². The molecule has 4 N–H and O–H groups in total. The third-order valence-electron chi connectivity index (χ3n) is 8.91. The fraction of sp³-hybridized carbons (Fsp3) is 0.419. The lowest BCUT2D eigenvalue weighted by Gasteiger charge is -2.40. The number of carbonyl (C=O) groups is 3. The minimum atomic E-state index is -4.75. The molecule has 3 aliphatic heterocycles. The number of thiophene rings is 1. The fourth-order valence-corrected chi connectivity index (χ4v) is 7.37. The molecular formula is C31H34ClF3N8O3S. The van der Waals surface area contributed by atoms with Crippen LogP contribution in [0.2, 0.25) is 5.02 Å². The number of rotatable bonds is 6. The minimum absolute atomic E-state index is 0.0704. The molecule has 1 atom stereocenters. The van der Waals surface area contributed by atoms with E-state index in [-0.39, 0.29) is 29.1 Å². The minimum Gasteiger partial charge on any atom is -0.397 e. The lowest BCUT2D eigenvalue weighted by atomic mass is 10.00. The van der Waals surface area contributed by atoms with E-state index in [1.807, 2.05) is 23.6 Å². The number of aromatic nitrogens is 1. The Hall–Kier alpha value is -4.24. The van der Waals surface area contributed by atoms with Crippen molar-refractivity contribution in [2.45, 2.75) is 44.1 Å². The number of carbonyl (C=O) groups excluding carboxylic acids is 3. The van der Waals surface area contributed by atoms with Crippen molar-refractivity contribution in [2.24, 2.45) is 0 Å². The van der Waals surface area contributed by atoms with E-state index in [0.29, 0.717) is 58.7 Å². The molecule has 3 aliphatic rings.